The number of rotatable bonds is 1. The van der Waals surface area contributed by atoms with Gasteiger partial charge in [-0.1, -0.05) is 12.1 Å². The van der Waals surface area contributed by atoms with Crippen molar-refractivity contribution in [3.8, 4) is 5.75 Å². The van der Waals surface area contributed by atoms with E-state index in [0.29, 0.717) is 5.92 Å². The molecule has 0 spiro atoms. The fourth-order valence-electron chi connectivity index (χ4n) is 2.38. The van der Waals surface area contributed by atoms with E-state index < -0.39 is 0 Å². The summed E-state index contributed by atoms with van der Waals surface area (Å²) in [5, 5.41) is 3.40. The summed E-state index contributed by atoms with van der Waals surface area (Å²) in [5.74, 6) is 1.82. The van der Waals surface area contributed by atoms with Gasteiger partial charge in [0.25, 0.3) is 0 Å². The number of fused-ring (bicyclic) bond motifs is 1. The molecule has 1 aromatic carbocycles. The monoisotopic (exact) mass is 189 g/mol. The molecule has 0 amide bonds. The first-order chi connectivity index (χ1) is 6.93. The van der Waals surface area contributed by atoms with Crippen LogP contribution in [0.4, 0.5) is 0 Å². The van der Waals surface area contributed by atoms with Crippen molar-refractivity contribution in [1.29, 1.82) is 0 Å². The molecule has 0 aliphatic carbocycles. The predicted octanol–water partition coefficient (Wildman–Crippen LogP) is 1.70. The van der Waals surface area contributed by atoms with Crippen molar-refractivity contribution in [1.82, 2.24) is 5.32 Å². The number of hydrogen-bond donors (Lipinski definition) is 1. The average molecular weight is 189 g/mol. The normalized spacial score (nSPS) is 24.7. The van der Waals surface area contributed by atoms with Crippen LogP contribution in [0.3, 0.4) is 0 Å². The van der Waals surface area contributed by atoms with E-state index in [1.54, 1.807) is 0 Å². The molecule has 3 rings (SSSR count). The lowest BCUT2D eigenvalue weighted by atomic mass is 9.97. The number of benzene rings is 1. The second kappa shape index (κ2) is 3.28. The van der Waals surface area contributed by atoms with Gasteiger partial charge in [-0.05, 0) is 36.1 Å². The summed E-state index contributed by atoms with van der Waals surface area (Å²) in [5.41, 5.74) is 2.82. The molecule has 2 heteroatoms. The van der Waals surface area contributed by atoms with E-state index in [9.17, 15) is 0 Å². The quantitative estimate of drug-likeness (QED) is 0.726. The molecular weight excluding hydrogens is 174 g/mol. The minimum Gasteiger partial charge on any atom is -0.493 e. The number of hydrogen-bond acceptors (Lipinski definition) is 2. The fourth-order valence-corrected chi connectivity index (χ4v) is 2.38. The second-order valence-electron chi connectivity index (χ2n) is 4.16. The van der Waals surface area contributed by atoms with Crippen molar-refractivity contribution in [2.24, 2.45) is 0 Å². The summed E-state index contributed by atoms with van der Waals surface area (Å²) < 4.78 is 5.58. The van der Waals surface area contributed by atoms with Crippen LogP contribution in [0.2, 0.25) is 0 Å². The van der Waals surface area contributed by atoms with Crippen molar-refractivity contribution < 1.29 is 4.74 Å². The first-order valence-electron chi connectivity index (χ1n) is 5.40. The molecule has 0 radical (unpaired) electrons. The summed E-state index contributed by atoms with van der Waals surface area (Å²) in [4.78, 5) is 0. The summed E-state index contributed by atoms with van der Waals surface area (Å²) >= 11 is 0. The lowest BCUT2D eigenvalue weighted by Gasteiger charge is -2.09. The van der Waals surface area contributed by atoms with E-state index in [-0.39, 0.29) is 0 Å². The minimum absolute atomic E-state index is 0.699. The molecule has 2 aliphatic heterocycles. The second-order valence-corrected chi connectivity index (χ2v) is 4.16. The zero-order valence-electron chi connectivity index (χ0n) is 8.25. The van der Waals surface area contributed by atoms with Gasteiger partial charge in [-0.3, -0.25) is 0 Å². The van der Waals surface area contributed by atoms with Crippen molar-refractivity contribution in [3.05, 3.63) is 29.3 Å². The highest BCUT2D eigenvalue weighted by Gasteiger charge is 2.19. The van der Waals surface area contributed by atoms with Crippen LogP contribution in [0.15, 0.2) is 18.2 Å². The third-order valence-corrected chi connectivity index (χ3v) is 3.25. The van der Waals surface area contributed by atoms with Crippen LogP contribution >= 0.6 is 0 Å². The van der Waals surface area contributed by atoms with Crippen LogP contribution in [0.25, 0.3) is 0 Å². The van der Waals surface area contributed by atoms with Crippen LogP contribution in [0, 0.1) is 0 Å². The van der Waals surface area contributed by atoms with E-state index >= 15 is 0 Å². The van der Waals surface area contributed by atoms with Gasteiger partial charge in [0.2, 0.25) is 0 Å². The predicted molar refractivity (Wildman–Crippen MR) is 55.9 cm³/mol. The van der Waals surface area contributed by atoms with Crippen molar-refractivity contribution in [2.75, 3.05) is 19.7 Å². The van der Waals surface area contributed by atoms with Crippen LogP contribution in [-0.4, -0.2) is 19.7 Å². The lowest BCUT2D eigenvalue weighted by molar-refractivity contribution is 0.356. The maximum absolute atomic E-state index is 5.58. The zero-order valence-corrected chi connectivity index (χ0v) is 8.25. The molecule has 0 bridgehead atoms. The van der Waals surface area contributed by atoms with Gasteiger partial charge >= 0.3 is 0 Å². The molecule has 74 valence electrons. The molecule has 1 atom stereocenters. The van der Waals surface area contributed by atoms with Crippen LogP contribution in [0.1, 0.15) is 23.5 Å². The van der Waals surface area contributed by atoms with Gasteiger partial charge in [0, 0.05) is 13.0 Å². The summed E-state index contributed by atoms with van der Waals surface area (Å²) in [6.07, 6.45) is 2.34. The van der Waals surface area contributed by atoms with Gasteiger partial charge in [-0.25, -0.2) is 0 Å². The van der Waals surface area contributed by atoms with Gasteiger partial charge < -0.3 is 10.1 Å². The topological polar surface area (TPSA) is 21.3 Å². The van der Waals surface area contributed by atoms with Crippen LogP contribution < -0.4 is 10.1 Å². The van der Waals surface area contributed by atoms with Crippen molar-refractivity contribution in [2.45, 2.75) is 18.8 Å². The Morgan fingerprint density at radius 2 is 2.36 bits per heavy atom. The molecule has 1 aromatic rings. The molecule has 14 heavy (non-hydrogen) atoms. The largest absolute Gasteiger partial charge is 0.493 e. The Bertz CT molecular complexity index is 342. The summed E-state index contributed by atoms with van der Waals surface area (Å²) in [6.45, 7) is 3.14. The summed E-state index contributed by atoms with van der Waals surface area (Å²) in [7, 11) is 0. The van der Waals surface area contributed by atoms with Gasteiger partial charge in [0.1, 0.15) is 5.75 Å². The Morgan fingerprint density at radius 1 is 1.36 bits per heavy atom. The molecule has 2 aliphatic rings. The van der Waals surface area contributed by atoms with Crippen LogP contribution in [-0.2, 0) is 6.42 Å². The molecule has 0 saturated carbocycles. The standard InChI is InChI=1S/C12H15NO/c1-2-10(11-3-5-13-8-11)7-12-9(1)4-6-14-12/h1-2,7,11,13H,3-6,8H2/t11-/m1/s1. The average Bonchev–Trinajstić information content (AvgIpc) is 2.88. The Kier molecular flexibility index (Phi) is 1.95. The maximum atomic E-state index is 5.58. The maximum Gasteiger partial charge on any atom is 0.122 e. The van der Waals surface area contributed by atoms with Crippen molar-refractivity contribution in [3.63, 3.8) is 0 Å². The lowest BCUT2D eigenvalue weighted by Crippen LogP contribution is -2.07. The van der Waals surface area contributed by atoms with Gasteiger partial charge in [-0.15, -0.1) is 0 Å². The van der Waals surface area contributed by atoms with E-state index in [1.807, 2.05) is 0 Å². The molecular formula is C12H15NO. The highest BCUT2D eigenvalue weighted by molar-refractivity contribution is 5.41. The molecule has 2 nitrogen and oxygen atoms in total. The van der Waals surface area contributed by atoms with E-state index in [4.69, 9.17) is 4.74 Å². The summed E-state index contributed by atoms with van der Waals surface area (Å²) in [6, 6.07) is 6.74. The Labute approximate surface area is 84.3 Å². The molecule has 1 fully saturated rings. The molecule has 0 unspecified atom stereocenters. The molecule has 1 N–H and O–H groups in total. The van der Waals surface area contributed by atoms with Gasteiger partial charge in [-0.2, -0.15) is 0 Å². The first kappa shape index (κ1) is 8.30. The van der Waals surface area contributed by atoms with E-state index in [1.165, 1.54) is 17.5 Å². The smallest absolute Gasteiger partial charge is 0.122 e. The third-order valence-electron chi connectivity index (χ3n) is 3.25. The van der Waals surface area contributed by atoms with Gasteiger partial charge in [0.05, 0.1) is 6.61 Å². The van der Waals surface area contributed by atoms with E-state index in [2.05, 4.69) is 23.5 Å². The SMILES string of the molecule is c1cc2c(cc1[C@@H]1CCNC1)OCC2. The third kappa shape index (κ3) is 1.30. The number of ether oxygens (including phenoxy) is 1. The van der Waals surface area contributed by atoms with Crippen LogP contribution in [0.5, 0.6) is 5.75 Å². The van der Waals surface area contributed by atoms with E-state index in [0.717, 1.165) is 31.9 Å². The molecule has 0 aromatic heterocycles. The Morgan fingerprint density at radius 3 is 3.21 bits per heavy atom. The highest BCUT2D eigenvalue weighted by atomic mass is 16.5. The molecule has 2 heterocycles. The molecule has 1 saturated heterocycles. The first-order valence-corrected chi connectivity index (χ1v) is 5.40. The number of nitrogens with one attached hydrogen (secondary N) is 1. The van der Waals surface area contributed by atoms with Crippen molar-refractivity contribution >= 4 is 0 Å². The Hall–Kier alpha value is -1.02. The highest BCUT2D eigenvalue weighted by Crippen LogP contribution is 2.31. The minimum atomic E-state index is 0.699. The zero-order chi connectivity index (χ0) is 9.38. The fraction of sp³-hybridized carbons (Fsp3) is 0.500. The Balaban J connectivity index is 1.91. The van der Waals surface area contributed by atoms with Gasteiger partial charge in [0.15, 0.2) is 0 Å².